The van der Waals surface area contributed by atoms with Gasteiger partial charge in [-0.3, -0.25) is 14.1 Å². The van der Waals surface area contributed by atoms with Crippen molar-refractivity contribution in [3.05, 3.63) is 52.6 Å². The molecule has 0 atom stereocenters. The van der Waals surface area contributed by atoms with Crippen LogP contribution in [0, 0.1) is 13.8 Å². The number of sulfonamides is 1. The van der Waals surface area contributed by atoms with Crippen LogP contribution in [0.25, 0.3) is 0 Å². The molecule has 0 spiro atoms. The van der Waals surface area contributed by atoms with Crippen LogP contribution < -0.4 is 20.3 Å². The minimum atomic E-state index is -4.76. The normalized spacial score (nSPS) is 13.2. The first-order valence-corrected chi connectivity index (χ1v) is 12.7. The van der Waals surface area contributed by atoms with Crippen molar-refractivity contribution in [3.63, 3.8) is 0 Å². The van der Waals surface area contributed by atoms with E-state index in [1.54, 1.807) is 32.0 Å². The zero-order chi connectivity index (χ0) is 27.1. The van der Waals surface area contributed by atoms with Crippen LogP contribution in [0.1, 0.15) is 28.2 Å². The fourth-order valence-corrected chi connectivity index (χ4v) is 4.00. The molecule has 4 rings (SSSR count). The van der Waals surface area contributed by atoms with Crippen LogP contribution in [-0.4, -0.2) is 47.6 Å². The molecule has 0 fully saturated rings. The highest BCUT2D eigenvalue weighted by atomic mass is 32.2. The summed E-state index contributed by atoms with van der Waals surface area (Å²) in [6.45, 7) is 3.00. The summed E-state index contributed by atoms with van der Waals surface area (Å²) in [5, 5.41) is 8.14. The summed E-state index contributed by atoms with van der Waals surface area (Å²) < 4.78 is 66.2. The molecule has 11 nitrogen and oxygen atoms in total. The van der Waals surface area contributed by atoms with E-state index in [4.69, 9.17) is 0 Å². The minimum absolute atomic E-state index is 0.0146. The van der Waals surface area contributed by atoms with E-state index in [1.807, 2.05) is 0 Å². The van der Waals surface area contributed by atoms with Crippen molar-refractivity contribution in [2.24, 2.45) is 0 Å². The standard InChI is InChI=1S/C22H23F3N8O3S/c1-11-12(2)29-20(33(3)37(4,35)36)17(28-11)10-26-19-15(22(23,24)25)9-27-21(32-19)30-14-6-5-13-7-18(34)31-16(13)8-14/h5-6,8-9H,7,10H2,1-4H3,(H,31,34)(H2,26,27,30,32). The molecule has 0 saturated carbocycles. The maximum Gasteiger partial charge on any atom is 0.421 e. The average molecular weight is 537 g/mol. The van der Waals surface area contributed by atoms with Gasteiger partial charge < -0.3 is 16.0 Å². The molecule has 1 aromatic carbocycles. The summed E-state index contributed by atoms with van der Waals surface area (Å²) in [5.41, 5.74) is 1.83. The lowest BCUT2D eigenvalue weighted by Gasteiger charge is -2.20. The van der Waals surface area contributed by atoms with Gasteiger partial charge in [-0.05, 0) is 31.5 Å². The number of nitrogens with zero attached hydrogens (tertiary/aromatic N) is 5. The number of halogens is 3. The van der Waals surface area contributed by atoms with E-state index < -0.39 is 27.6 Å². The van der Waals surface area contributed by atoms with E-state index in [2.05, 4.69) is 35.9 Å². The van der Waals surface area contributed by atoms with Gasteiger partial charge in [0.1, 0.15) is 17.1 Å². The maximum absolute atomic E-state index is 13.7. The van der Waals surface area contributed by atoms with Gasteiger partial charge in [-0.1, -0.05) is 6.07 Å². The molecule has 0 bridgehead atoms. The number of anilines is 5. The second-order valence-electron chi connectivity index (χ2n) is 8.42. The van der Waals surface area contributed by atoms with Gasteiger partial charge in [-0.15, -0.1) is 0 Å². The van der Waals surface area contributed by atoms with Crippen molar-refractivity contribution in [2.45, 2.75) is 33.0 Å². The predicted molar refractivity (Wildman–Crippen MR) is 131 cm³/mol. The van der Waals surface area contributed by atoms with Crippen molar-refractivity contribution in [2.75, 3.05) is 33.6 Å². The monoisotopic (exact) mass is 536 g/mol. The van der Waals surface area contributed by atoms with Crippen molar-refractivity contribution in [1.82, 2.24) is 19.9 Å². The van der Waals surface area contributed by atoms with E-state index >= 15 is 0 Å². The van der Waals surface area contributed by atoms with Crippen LogP contribution in [0.5, 0.6) is 0 Å². The molecule has 1 aliphatic heterocycles. The second kappa shape index (κ2) is 9.46. The summed E-state index contributed by atoms with van der Waals surface area (Å²) in [5.74, 6) is -0.828. The van der Waals surface area contributed by atoms with Crippen LogP contribution in [0.2, 0.25) is 0 Å². The third kappa shape index (κ3) is 5.71. The molecule has 1 amide bonds. The Morgan fingerprint density at radius 1 is 1.14 bits per heavy atom. The number of alkyl halides is 3. The highest BCUT2D eigenvalue weighted by Crippen LogP contribution is 2.35. The molecular weight excluding hydrogens is 513 g/mol. The van der Waals surface area contributed by atoms with E-state index in [-0.39, 0.29) is 36.3 Å². The van der Waals surface area contributed by atoms with Gasteiger partial charge in [0.05, 0.1) is 30.6 Å². The first kappa shape index (κ1) is 26.1. The highest BCUT2D eigenvalue weighted by Gasteiger charge is 2.35. The smallest absolute Gasteiger partial charge is 0.364 e. The van der Waals surface area contributed by atoms with Crippen molar-refractivity contribution < 1.29 is 26.4 Å². The Balaban J connectivity index is 1.65. The topological polar surface area (TPSA) is 142 Å². The summed E-state index contributed by atoms with van der Waals surface area (Å²) in [7, 11) is -2.43. The van der Waals surface area contributed by atoms with E-state index in [0.29, 0.717) is 29.0 Å². The molecule has 3 N–H and O–H groups in total. The van der Waals surface area contributed by atoms with E-state index in [1.165, 1.54) is 7.05 Å². The Morgan fingerprint density at radius 2 is 1.84 bits per heavy atom. The predicted octanol–water partition coefficient (Wildman–Crippen LogP) is 3.15. The molecule has 0 unspecified atom stereocenters. The minimum Gasteiger partial charge on any atom is -0.364 e. The number of nitrogens with one attached hydrogen (secondary N) is 3. The van der Waals surface area contributed by atoms with Crippen molar-refractivity contribution in [3.8, 4) is 0 Å². The number of hydrogen-bond donors (Lipinski definition) is 3. The van der Waals surface area contributed by atoms with E-state index in [9.17, 15) is 26.4 Å². The molecule has 15 heteroatoms. The van der Waals surface area contributed by atoms with Crippen LogP contribution in [0.15, 0.2) is 24.4 Å². The molecule has 0 aliphatic carbocycles. The van der Waals surface area contributed by atoms with Gasteiger partial charge >= 0.3 is 6.18 Å². The molecular formula is C22H23F3N8O3S. The number of carbonyl (C=O) groups excluding carboxylic acids is 1. The van der Waals surface area contributed by atoms with Gasteiger partial charge in [0.25, 0.3) is 0 Å². The number of hydrogen-bond acceptors (Lipinski definition) is 9. The summed E-state index contributed by atoms with van der Waals surface area (Å²) in [6.07, 6.45) is -2.89. The third-order valence-electron chi connectivity index (χ3n) is 5.66. The highest BCUT2D eigenvalue weighted by molar-refractivity contribution is 7.92. The zero-order valence-electron chi connectivity index (χ0n) is 20.2. The molecule has 1 aliphatic rings. The second-order valence-corrected chi connectivity index (χ2v) is 10.4. The lowest BCUT2D eigenvalue weighted by molar-refractivity contribution is -0.137. The number of benzene rings is 1. The average Bonchev–Trinajstić information content (AvgIpc) is 3.17. The largest absolute Gasteiger partial charge is 0.421 e. The molecule has 0 radical (unpaired) electrons. The lowest BCUT2D eigenvalue weighted by Crippen LogP contribution is -2.28. The molecule has 196 valence electrons. The zero-order valence-corrected chi connectivity index (χ0v) is 21.0. The summed E-state index contributed by atoms with van der Waals surface area (Å²) in [6, 6.07) is 5.01. The first-order chi connectivity index (χ1) is 17.2. The van der Waals surface area contributed by atoms with Gasteiger partial charge in [-0.2, -0.15) is 18.2 Å². The van der Waals surface area contributed by atoms with Crippen molar-refractivity contribution in [1.29, 1.82) is 0 Å². The number of amides is 1. The van der Waals surface area contributed by atoms with Gasteiger partial charge in [-0.25, -0.2) is 18.4 Å². The quantitative estimate of drug-likeness (QED) is 0.415. The van der Waals surface area contributed by atoms with Crippen LogP contribution in [0.4, 0.5) is 42.1 Å². The van der Waals surface area contributed by atoms with Crippen molar-refractivity contribution >= 4 is 44.9 Å². The van der Waals surface area contributed by atoms with E-state index in [0.717, 1.165) is 16.1 Å². The Morgan fingerprint density at radius 3 is 2.51 bits per heavy atom. The summed E-state index contributed by atoms with van der Waals surface area (Å²) in [4.78, 5) is 28.0. The summed E-state index contributed by atoms with van der Waals surface area (Å²) >= 11 is 0. The number of rotatable bonds is 7. The fraction of sp³-hybridized carbons (Fsp3) is 0.318. The number of aromatic nitrogens is 4. The molecule has 0 saturated heterocycles. The number of fused-ring (bicyclic) bond motifs is 1. The van der Waals surface area contributed by atoms with Crippen LogP contribution in [-0.2, 0) is 34.0 Å². The van der Waals surface area contributed by atoms with Gasteiger partial charge in [0.2, 0.25) is 21.9 Å². The Labute approximate surface area is 210 Å². The Kier molecular flexibility index (Phi) is 6.66. The van der Waals surface area contributed by atoms with Gasteiger partial charge in [0.15, 0.2) is 5.82 Å². The maximum atomic E-state index is 13.7. The molecule has 3 heterocycles. The van der Waals surface area contributed by atoms with Crippen LogP contribution in [0.3, 0.4) is 0 Å². The fourth-order valence-electron chi connectivity index (χ4n) is 3.54. The molecule has 3 aromatic rings. The lowest BCUT2D eigenvalue weighted by atomic mass is 10.1. The van der Waals surface area contributed by atoms with Gasteiger partial charge in [0, 0.05) is 24.6 Å². The Hall–Kier alpha value is -4.01. The number of aryl methyl sites for hydroxylation is 2. The SMILES string of the molecule is Cc1nc(CNc2nc(Nc3ccc4c(c3)NC(=O)C4)ncc2C(F)(F)F)c(N(C)S(C)(=O)=O)nc1C. The van der Waals surface area contributed by atoms with Crippen LogP contribution >= 0.6 is 0 Å². The Bertz CT molecular complexity index is 1500. The first-order valence-electron chi connectivity index (χ1n) is 10.9. The molecule has 2 aromatic heterocycles. The third-order valence-corrected chi connectivity index (χ3v) is 6.83. The molecule has 37 heavy (non-hydrogen) atoms. The number of carbonyl (C=O) groups is 1.